The first-order valence-electron chi connectivity index (χ1n) is 5.46. The van der Waals surface area contributed by atoms with E-state index >= 15 is 0 Å². The molecule has 0 bridgehead atoms. The van der Waals surface area contributed by atoms with Crippen molar-refractivity contribution in [2.75, 3.05) is 7.05 Å². The molecule has 0 spiro atoms. The second kappa shape index (κ2) is 6.20. The summed E-state index contributed by atoms with van der Waals surface area (Å²) in [6.45, 7) is 4.60. The van der Waals surface area contributed by atoms with Gasteiger partial charge in [0.25, 0.3) is 0 Å². The molecule has 1 nitrogen and oxygen atoms in total. The summed E-state index contributed by atoms with van der Waals surface area (Å²) in [5, 5.41) is 7.84. The molecule has 14 heavy (non-hydrogen) atoms. The van der Waals surface area contributed by atoms with E-state index in [-0.39, 0.29) is 0 Å². The third-order valence-corrected chi connectivity index (χ3v) is 3.57. The Balaban J connectivity index is 2.46. The van der Waals surface area contributed by atoms with Gasteiger partial charge < -0.3 is 5.32 Å². The van der Waals surface area contributed by atoms with Crippen LogP contribution in [-0.4, -0.2) is 13.1 Å². The Bertz CT molecular complexity index is 230. The molecule has 1 N–H and O–H groups in total. The van der Waals surface area contributed by atoms with Gasteiger partial charge in [0.1, 0.15) is 0 Å². The summed E-state index contributed by atoms with van der Waals surface area (Å²) < 4.78 is 0. The molecule has 2 heteroatoms. The summed E-state index contributed by atoms with van der Waals surface area (Å²) in [5.41, 5.74) is 1.47. The van der Waals surface area contributed by atoms with Crippen LogP contribution in [0.25, 0.3) is 0 Å². The predicted molar refractivity (Wildman–Crippen MR) is 64.9 cm³/mol. The van der Waals surface area contributed by atoms with Crippen LogP contribution in [-0.2, 0) is 6.42 Å². The topological polar surface area (TPSA) is 12.0 Å². The van der Waals surface area contributed by atoms with E-state index in [0.717, 1.165) is 5.92 Å². The fraction of sp³-hybridized carbons (Fsp3) is 0.667. The molecule has 1 heterocycles. The highest BCUT2D eigenvalue weighted by Gasteiger charge is 2.14. The zero-order valence-corrected chi connectivity index (χ0v) is 10.2. The number of thiophene rings is 1. The molecule has 80 valence electrons. The Hall–Kier alpha value is -0.340. The van der Waals surface area contributed by atoms with E-state index in [0.29, 0.717) is 6.04 Å². The smallest absolute Gasteiger partial charge is 0.0130 e. The van der Waals surface area contributed by atoms with Gasteiger partial charge in [-0.1, -0.05) is 20.3 Å². The fourth-order valence-corrected chi connectivity index (χ4v) is 2.59. The minimum absolute atomic E-state index is 0.629. The highest BCUT2D eigenvalue weighted by atomic mass is 32.1. The van der Waals surface area contributed by atoms with Gasteiger partial charge in [0, 0.05) is 6.04 Å². The van der Waals surface area contributed by atoms with Gasteiger partial charge in [0.05, 0.1) is 0 Å². The molecule has 1 aromatic rings. The molecular weight excluding hydrogens is 190 g/mol. The molecular formula is C12H21NS. The highest BCUT2D eigenvalue weighted by molar-refractivity contribution is 7.07. The van der Waals surface area contributed by atoms with Crippen LogP contribution in [0.4, 0.5) is 0 Å². The normalized spacial score (nSPS) is 15.4. The Morgan fingerprint density at radius 3 is 2.79 bits per heavy atom. The summed E-state index contributed by atoms with van der Waals surface area (Å²) in [7, 11) is 2.07. The number of likely N-dealkylation sites (N-methyl/N-ethyl adjacent to an activating group) is 1. The van der Waals surface area contributed by atoms with Crippen molar-refractivity contribution in [3.63, 3.8) is 0 Å². The van der Waals surface area contributed by atoms with Gasteiger partial charge in [0.15, 0.2) is 0 Å². The van der Waals surface area contributed by atoms with Gasteiger partial charge >= 0.3 is 0 Å². The Labute approximate surface area is 91.5 Å². The van der Waals surface area contributed by atoms with Gasteiger partial charge in [-0.2, -0.15) is 11.3 Å². The van der Waals surface area contributed by atoms with E-state index in [4.69, 9.17) is 0 Å². The minimum Gasteiger partial charge on any atom is -0.316 e. The zero-order chi connectivity index (χ0) is 10.4. The quantitative estimate of drug-likeness (QED) is 0.761. The lowest BCUT2D eigenvalue weighted by Crippen LogP contribution is -2.34. The van der Waals surface area contributed by atoms with Crippen LogP contribution in [0.15, 0.2) is 16.8 Å². The summed E-state index contributed by atoms with van der Waals surface area (Å²) in [4.78, 5) is 0. The SMILES string of the molecule is CCCC(C)C(Cc1ccsc1)NC. The number of nitrogens with one attached hydrogen (secondary N) is 1. The largest absolute Gasteiger partial charge is 0.316 e. The lowest BCUT2D eigenvalue weighted by Gasteiger charge is -2.22. The fourth-order valence-electron chi connectivity index (χ4n) is 1.91. The monoisotopic (exact) mass is 211 g/mol. The van der Waals surface area contributed by atoms with Crippen molar-refractivity contribution in [2.24, 2.45) is 5.92 Å². The second-order valence-electron chi connectivity index (χ2n) is 4.00. The predicted octanol–water partition coefficient (Wildman–Crippen LogP) is 3.31. The van der Waals surface area contributed by atoms with E-state index in [1.165, 1.54) is 24.8 Å². The molecule has 0 saturated carbocycles. The van der Waals surface area contributed by atoms with Gasteiger partial charge in [-0.3, -0.25) is 0 Å². The molecule has 0 aliphatic heterocycles. The minimum atomic E-state index is 0.629. The Morgan fingerprint density at radius 1 is 1.50 bits per heavy atom. The highest BCUT2D eigenvalue weighted by Crippen LogP contribution is 2.16. The Kier molecular flexibility index (Phi) is 5.20. The second-order valence-corrected chi connectivity index (χ2v) is 4.78. The van der Waals surface area contributed by atoms with E-state index in [1.54, 1.807) is 11.3 Å². The first-order valence-corrected chi connectivity index (χ1v) is 6.40. The average Bonchev–Trinajstić information content (AvgIpc) is 2.66. The molecule has 0 aromatic carbocycles. The molecule has 0 fully saturated rings. The average molecular weight is 211 g/mol. The maximum Gasteiger partial charge on any atom is 0.0130 e. The zero-order valence-electron chi connectivity index (χ0n) is 9.42. The molecule has 0 amide bonds. The number of hydrogen-bond donors (Lipinski definition) is 1. The molecule has 1 aromatic heterocycles. The van der Waals surface area contributed by atoms with Crippen LogP contribution in [0.2, 0.25) is 0 Å². The standard InChI is InChI=1S/C12H21NS/c1-4-5-10(2)12(13-3)8-11-6-7-14-9-11/h6-7,9-10,12-13H,4-5,8H2,1-3H3. The van der Waals surface area contributed by atoms with Crippen LogP contribution in [0.5, 0.6) is 0 Å². The summed E-state index contributed by atoms with van der Waals surface area (Å²) in [5.74, 6) is 0.768. The first kappa shape index (κ1) is 11.7. The van der Waals surface area contributed by atoms with Crippen molar-refractivity contribution < 1.29 is 0 Å². The molecule has 2 atom stereocenters. The molecule has 1 rings (SSSR count). The van der Waals surface area contributed by atoms with E-state index in [9.17, 15) is 0 Å². The Morgan fingerprint density at radius 2 is 2.29 bits per heavy atom. The van der Waals surface area contributed by atoms with Gasteiger partial charge in [0.2, 0.25) is 0 Å². The van der Waals surface area contributed by atoms with Crippen LogP contribution in [0.1, 0.15) is 32.3 Å². The number of rotatable bonds is 6. The van der Waals surface area contributed by atoms with Gasteiger partial charge in [-0.15, -0.1) is 0 Å². The molecule has 0 radical (unpaired) electrons. The lowest BCUT2D eigenvalue weighted by atomic mass is 9.92. The van der Waals surface area contributed by atoms with Crippen molar-refractivity contribution in [3.8, 4) is 0 Å². The molecule has 0 aliphatic carbocycles. The maximum atomic E-state index is 3.43. The van der Waals surface area contributed by atoms with Crippen molar-refractivity contribution >= 4 is 11.3 Å². The van der Waals surface area contributed by atoms with E-state index < -0.39 is 0 Å². The molecule has 0 saturated heterocycles. The lowest BCUT2D eigenvalue weighted by molar-refractivity contribution is 0.372. The van der Waals surface area contributed by atoms with E-state index in [1.807, 2.05) is 0 Å². The third-order valence-electron chi connectivity index (χ3n) is 2.84. The van der Waals surface area contributed by atoms with Gasteiger partial charge in [-0.05, 0) is 48.2 Å². The molecule has 0 aliphatic rings. The maximum absolute atomic E-state index is 3.43. The molecule has 2 unspecified atom stereocenters. The van der Waals surface area contributed by atoms with Gasteiger partial charge in [-0.25, -0.2) is 0 Å². The van der Waals surface area contributed by atoms with Crippen molar-refractivity contribution in [1.82, 2.24) is 5.32 Å². The summed E-state index contributed by atoms with van der Waals surface area (Å²) in [6, 6.07) is 2.86. The van der Waals surface area contributed by atoms with Crippen LogP contribution in [0, 0.1) is 5.92 Å². The van der Waals surface area contributed by atoms with Crippen molar-refractivity contribution in [2.45, 2.75) is 39.2 Å². The van der Waals surface area contributed by atoms with Crippen molar-refractivity contribution in [3.05, 3.63) is 22.4 Å². The van der Waals surface area contributed by atoms with Crippen LogP contribution >= 0.6 is 11.3 Å². The first-order chi connectivity index (χ1) is 6.77. The van der Waals surface area contributed by atoms with E-state index in [2.05, 4.69) is 43.0 Å². The number of hydrogen-bond acceptors (Lipinski definition) is 2. The summed E-state index contributed by atoms with van der Waals surface area (Å²) in [6.07, 6.45) is 3.76. The van der Waals surface area contributed by atoms with Crippen LogP contribution in [0.3, 0.4) is 0 Å². The van der Waals surface area contributed by atoms with Crippen LogP contribution < -0.4 is 5.32 Å². The third kappa shape index (κ3) is 3.43. The summed E-state index contributed by atoms with van der Waals surface area (Å²) >= 11 is 1.79. The van der Waals surface area contributed by atoms with Crippen molar-refractivity contribution in [1.29, 1.82) is 0 Å².